The topological polar surface area (TPSA) is 77.8 Å². The number of unbranched alkanes of at least 4 members (excludes halogenated alkanes) is 4. The van der Waals surface area contributed by atoms with E-state index >= 15 is 0 Å². The molecule has 5 nitrogen and oxygen atoms in total. The van der Waals surface area contributed by atoms with Crippen molar-refractivity contribution in [2.45, 2.75) is 64.1 Å². The molecule has 0 fully saturated rings. The first-order chi connectivity index (χ1) is 20.1. The number of hydrogen-bond donors (Lipinski definition) is 2. The summed E-state index contributed by atoms with van der Waals surface area (Å²) in [5.41, 5.74) is -0.0132. The van der Waals surface area contributed by atoms with Gasteiger partial charge in [-0.25, -0.2) is 4.79 Å². The van der Waals surface area contributed by atoms with Crippen molar-refractivity contribution in [1.29, 1.82) is 0 Å². The van der Waals surface area contributed by atoms with E-state index in [0.717, 1.165) is 43.4 Å². The van der Waals surface area contributed by atoms with Crippen molar-refractivity contribution in [3.05, 3.63) is 101 Å². The summed E-state index contributed by atoms with van der Waals surface area (Å²) in [6.45, 7) is 2.13. The van der Waals surface area contributed by atoms with Crippen molar-refractivity contribution in [3.63, 3.8) is 0 Å². The molecule has 0 radical (unpaired) electrons. The van der Waals surface area contributed by atoms with Crippen molar-refractivity contribution < 1.29 is 33.0 Å². The molecule has 42 heavy (non-hydrogen) atoms. The summed E-state index contributed by atoms with van der Waals surface area (Å²) in [5, 5.41) is 19.7. The highest BCUT2D eigenvalue weighted by Crippen LogP contribution is 2.35. The number of nitrogens with zero attached hydrogens (tertiary/aromatic N) is 1. The molecule has 3 rings (SSSR count). The highest BCUT2D eigenvalue weighted by Gasteiger charge is 2.30. The van der Waals surface area contributed by atoms with Crippen LogP contribution >= 0.6 is 0 Å². The molecule has 1 amide bonds. The van der Waals surface area contributed by atoms with E-state index in [0.29, 0.717) is 19.3 Å². The lowest BCUT2D eigenvalue weighted by molar-refractivity contribution is -0.137. The third-order valence-corrected chi connectivity index (χ3v) is 6.66. The molecule has 0 aromatic heterocycles. The smallest absolute Gasteiger partial charge is 0.416 e. The minimum atomic E-state index is -4.53. The number of phenols is 1. The molecule has 0 aliphatic heterocycles. The van der Waals surface area contributed by atoms with Crippen molar-refractivity contribution >= 4 is 23.6 Å². The molecule has 0 aliphatic carbocycles. The Labute approximate surface area is 244 Å². The van der Waals surface area contributed by atoms with Crippen LogP contribution in [0.15, 0.2) is 78.9 Å². The maximum Gasteiger partial charge on any atom is 0.416 e. The van der Waals surface area contributed by atoms with Crippen LogP contribution in [0.25, 0.3) is 6.08 Å². The molecule has 0 aliphatic rings. The van der Waals surface area contributed by atoms with E-state index in [4.69, 9.17) is 0 Å². The number of hydrogen-bond acceptors (Lipinski definition) is 3. The molecule has 3 aromatic rings. The van der Waals surface area contributed by atoms with Crippen molar-refractivity contribution in [3.8, 4) is 17.6 Å². The summed E-state index contributed by atoms with van der Waals surface area (Å²) < 4.78 is 39.7. The molecule has 0 saturated carbocycles. The molecule has 220 valence electrons. The molecule has 3 aromatic carbocycles. The fraction of sp³-hybridized carbons (Fsp3) is 0.294. The number of aromatic hydroxyl groups is 1. The van der Waals surface area contributed by atoms with Gasteiger partial charge in [0.1, 0.15) is 11.3 Å². The molecular formula is C34H34F3NO4. The first-order valence-corrected chi connectivity index (χ1v) is 13.9. The molecule has 0 heterocycles. The summed E-state index contributed by atoms with van der Waals surface area (Å²) in [6.07, 6.45) is 3.79. The molecule has 1 unspecified atom stereocenters. The number of anilines is 1. The van der Waals surface area contributed by atoms with Gasteiger partial charge in [0.2, 0.25) is 0 Å². The van der Waals surface area contributed by atoms with Gasteiger partial charge in [0, 0.05) is 24.6 Å². The van der Waals surface area contributed by atoms with E-state index in [-0.39, 0.29) is 16.8 Å². The second-order valence-corrected chi connectivity index (χ2v) is 9.80. The maximum atomic E-state index is 13.8. The van der Waals surface area contributed by atoms with Gasteiger partial charge in [-0.05, 0) is 66.8 Å². The van der Waals surface area contributed by atoms with Crippen molar-refractivity contribution in [2.24, 2.45) is 0 Å². The molecule has 8 heteroatoms. The zero-order valence-corrected chi connectivity index (χ0v) is 23.4. The van der Waals surface area contributed by atoms with E-state index in [1.807, 2.05) is 30.3 Å². The molecule has 2 N–H and O–H groups in total. The second-order valence-electron chi connectivity index (χ2n) is 9.80. The van der Waals surface area contributed by atoms with Crippen LogP contribution in [0, 0.1) is 11.8 Å². The summed E-state index contributed by atoms with van der Waals surface area (Å²) in [4.78, 5) is 27.0. The van der Waals surface area contributed by atoms with E-state index in [1.54, 1.807) is 0 Å². The fourth-order valence-electron chi connectivity index (χ4n) is 4.52. The minimum absolute atomic E-state index is 0.185. The Bertz CT molecular complexity index is 1440. The lowest BCUT2D eigenvalue weighted by Crippen LogP contribution is -2.34. The van der Waals surface area contributed by atoms with Crippen LogP contribution in [-0.4, -0.2) is 22.1 Å². The largest absolute Gasteiger partial charge is 0.507 e. The summed E-state index contributed by atoms with van der Waals surface area (Å²) in [7, 11) is 0. The molecule has 0 bridgehead atoms. The summed E-state index contributed by atoms with van der Waals surface area (Å²) in [6, 6.07) is 17.2. The Morgan fingerprint density at radius 3 is 2.31 bits per heavy atom. The maximum absolute atomic E-state index is 13.8. The first kappa shape index (κ1) is 32.0. The number of aromatic carboxylic acids is 1. The Kier molecular flexibility index (Phi) is 11.8. The molecule has 1 atom stereocenters. The minimum Gasteiger partial charge on any atom is -0.507 e. The van der Waals surface area contributed by atoms with Gasteiger partial charge in [-0.3, -0.25) is 4.79 Å². The van der Waals surface area contributed by atoms with Gasteiger partial charge in [0.05, 0.1) is 11.6 Å². The lowest BCUT2D eigenvalue weighted by Gasteiger charge is -2.32. The summed E-state index contributed by atoms with van der Waals surface area (Å²) in [5.74, 6) is 3.99. The van der Waals surface area contributed by atoms with Gasteiger partial charge in [0.25, 0.3) is 5.91 Å². The predicted octanol–water partition coefficient (Wildman–Crippen LogP) is 8.65. The number of rotatable bonds is 12. The van der Waals surface area contributed by atoms with Gasteiger partial charge < -0.3 is 15.1 Å². The van der Waals surface area contributed by atoms with Crippen LogP contribution in [-0.2, 0) is 11.0 Å². The SMILES string of the molecule is CCCCCC#CCCCC(c1ccccc1)N(C(=O)/C=C/c1cccc(C(F)(F)F)c1)c1ccc(O)c(C(=O)O)c1. The Morgan fingerprint density at radius 2 is 1.64 bits per heavy atom. The van der Waals surface area contributed by atoms with Crippen LogP contribution in [0.2, 0.25) is 0 Å². The van der Waals surface area contributed by atoms with Crippen LogP contribution in [0.1, 0.15) is 85.0 Å². The van der Waals surface area contributed by atoms with Crippen LogP contribution in [0.4, 0.5) is 18.9 Å². The molecular weight excluding hydrogens is 543 g/mol. The molecule has 0 spiro atoms. The summed E-state index contributed by atoms with van der Waals surface area (Å²) >= 11 is 0. The Balaban J connectivity index is 1.99. The third kappa shape index (κ3) is 9.27. The number of carbonyl (C=O) groups is 2. The van der Waals surface area contributed by atoms with E-state index in [2.05, 4.69) is 18.8 Å². The van der Waals surface area contributed by atoms with Crippen molar-refractivity contribution in [2.75, 3.05) is 4.90 Å². The molecule has 0 saturated heterocycles. The van der Waals surface area contributed by atoms with Crippen LogP contribution in [0.3, 0.4) is 0 Å². The number of carboxylic acids is 1. The van der Waals surface area contributed by atoms with Gasteiger partial charge >= 0.3 is 12.1 Å². The standard InChI is InChI=1S/C34H34F3NO4/c1-2-3-4-5-6-7-8-12-18-30(26-15-10-9-11-16-26)38(28-20-21-31(39)29(24-28)33(41)42)32(40)22-19-25-14-13-17-27(23-25)34(35,36)37/h9-11,13-17,19-24,30,39H,2-5,8,12,18H2,1H3,(H,41,42)/b22-19+. The highest BCUT2D eigenvalue weighted by molar-refractivity contribution is 6.05. The lowest BCUT2D eigenvalue weighted by atomic mass is 9.97. The quantitative estimate of drug-likeness (QED) is 0.128. The predicted molar refractivity (Wildman–Crippen MR) is 158 cm³/mol. The van der Waals surface area contributed by atoms with Crippen molar-refractivity contribution in [1.82, 2.24) is 0 Å². The average Bonchev–Trinajstić information content (AvgIpc) is 2.97. The average molecular weight is 578 g/mol. The zero-order chi connectivity index (χ0) is 30.5. The second kappa shape index (κ2) is 15.5. The van der Waals surface area contributed by atoms with Gasteiger partial charge in [0.15, 0.2) is 0 Å². The van der Waals surface area contributed by atoms with Crippen LogP contribution < -0.4 is 4.90 Å². The Hall–Kier alpha value is -4.51. The number of amides is 1. The number of carbonyl (C=O) groups excluding carboxylic acids is 1. The van der Waals surface area contributed by atoms with Gasteiger partial charge in [-0.15, -0.1) is 11.8 Å². The zero-order valence-electron chi connectivity index (χ0n) is 23.4. The number of alkyl halides is 3. The highest BCUT2D eigenvalue weighted by atomic mass is 19.4. The number of halogens is 3. The Morgan fingerprint density at radius 1 is 0.929 bits per heavy atom. The normalized spacial score (nSPS) is 12.0. The van der Waals surface area contributed by atoms with E-state index < -0.39 is 35.4 Å². The third-order valence-electron chi connectivity index (χ3n) is 6.66. The number of benzene rings is 3. The van der Waals surface area contributed by atoms with E-state index in [1.165, 1.54) is 47.4 Å². The first-order valence-electron chi connectivity index (χ1n) is 13.9. The number of carboxylic acid groups (broad SMARTS) is 1. The fourth-order valence-corrected chi connectivity index (χ4v) is 4.52. The van der Waals surface area contributed by atoms with Crippen LogP contribution in [0.5, 0.6) is 5.75 Å². The van der Waals surface area contributed by atoms with E-state index in [9.17, 15) is 33.0 Å². The van der Waals surface area contributed by atoms with Gasteiger partial charge in [-0.1, -0.05) is 62.2 Å². The van der Waals surface area contributed by atoms with Gasteiger partial charge in [-0.2, -0.15) is 13.2 Å². The monoisotopic (exact) mass is 577 g/mol.